The number of aliphatic hydroxyl groups excluding tert-OH is 1. The van der Waals surface area contributed by atoms with E-state index in [-0.39, 0.29) is 23.4 Å². The van der Waals surface area contributed by atoms with Crippen LogP contribution in [-0.2, 0) is 0 Å². The van der Waals surface area contributed by atoms with Crippen LogP contribution in [0.25, 0.3) is 0 Å². The maximum Gasteiger partial charge on any atom is 0.426 e. The molecule has 0 heterocycles. The highest BCUT2D eigenvalue weighted by Gasteiger charge is 2.72. The third-order valence-corrected chi connectivity index (χ3v) is 9.09. The molecule has 2 N–H and O–H groups in total. The molecule has 3 rings (SSSR count). The van der Waals surface area contributed by atoms with E-state index in [1.807, 2.05) is 6.92 Å². The Kier molecular flexibility index (Phi) is 8.32. The molecule has 3 fully saturated rings. The highest BCUT2D eigenvalue weighted by molar-refractivity contribution is 5.36. The molecule has 0 unspecified atom stereocenters. The van der Waals surface area contributed by atoms with Crippen molar-refractivity contribution in [2.75, 3.05) is 0 Å². The van der Waals surface area contributed by atoms with Crippen LogP contribution in [0.3, 0.4) is 0 Å². The van der Waals surface area contributed by atoms with Gasteiger partial charge in [-0.1, -0.05) is 62.8 Å². The first kappa shape index (κ1) is 29.0. The number of rotatable bonds is 5. The third kappa shape index (κ3) is 5.35. The summed E-state index contributed by atoms with van der Waals surface area (Å²) >= 11 is 0. The van der Waals surface area contributed by atoms with E-state index >= 15 is 0 Å². The Hall–Kier alpha value is -1.54. The molecule has 36 heavy (non-hydrogen) atoms. The van der Waals surface area contributed by atoms with Gasteiger partial charge in [0.1, 0.15) is 0 Å². The van der Waals surface area contributed by atoms with Gasteiger partial charge in [-0.3, -0.25) is 0 Å². The topological polar surface area (TPSA) is 40.5 Å². The molecule has 0 amide bonds. The fourth-order valence-electron chi connectivity index (χ4n) is 6.83. The van der Waals surface area contributed by atoms with Crippen molar-refractivity contribution < 1.29 is 36.6 Å². The van der Waals surface area contributed by atoms with Crippen molar-refractivity contribution in [3.63, 3.8) is 0 Å². The van der Waals surface area contributed by atoms with Crippen LogP contribution in [-0.4, -0.2) is 34.3 Å². The molecule has 0 spiro atoms. The van der Waals surface area contributed by atoms with Gasteiger partial charge in [0, 0.05) is 5.92 Å². The minimum Gasteiger partial charge on any atom is -0.393 e. The number of allylic oxidation sites excluding steroid dienone is 5. The number of aliphatic hydroxyl groups is 2. The highest BCUT2D eigenvalue weighted by atomic mass is 19.4. The first-order chi connectivity index (χ1) is 16.5. The minimum absolute atomic E-state index is 0.108. The molecule has 6 atom stereocenters. The van der Waals surface area contributed by atoms with E-state index < -0.39 is 23.9 Å². The van der Waals surface area contributed by atoms with Crippen LogP contribution in [0.15, 0.2) is 47.6 Å². The predicted octanol–water partition coefficient (Wildman–Crippen LogP) is 7.84. The van der Waals surface area contributed by atoms with E-state index in [1.54, 1.807) is 0 Å². The average Bonchev–Trinajstić information content (AvgIpc) is 3.13. The van der Waals surface area contributed by atoms with Crippen LogP contribution in [0, 0.1) is 29.1 Å². The van der Waals surface area contributed by atoms with E-state index in [0.717, 1.165) is 69.1 Å². The second kappa shape index (κ2) is 10.3. The van der Waals surface area contributed by atoms with Crippen LogP contribution in [0.1, 0.15) is 72.1 Å². The monoisotopic (exact) mass is 520 g/mol. The fourth-order valence-corrected chi connectivity index (χ4v) is 6.83. The van der Waals surface area contributed by atoms with Crippen molar-refractivity contribution in [3.05, 3.63) is 47.6 Å². The summed E-state index contributed by atoms with van der Waals surface area (Å²) in [6, 6.07) is 0. The Bertz CT molecular complexity index is 898. The first-order valence-electron chi connectivity index (χ1n) is 12.8. The molecule has 2 nitrogen and oxygen atoms in total. The molecule has 204 valence electrons. The average molecular weight is 521 g/mol. The van der Waals surface area contributed by atoms with E-state index in [2.05, 4.69) is 25.7 Å². The summed E-state index contributed by atoms with van der Waals surface area (Å²) in [5, 5.41) is 19.7. The second-order valence-corrected chi connectivity index (χ2v) is 11.3. The summed E-state index contributed by atoms with van der Waals surface area (Å²) in [6.07, 6.45) is 1.24. The van der Waals surface area contributed by atoms with Crippen molar-refractivity contribution in [2.45, 2.75) is 96.2 Å². The van der Waals surface area contributed by atoms with E-state index in [9.17, 15) is 36.6 Å². The van der Waals surface area contributed by atoms with Crippen LogP contribution in [0.4, 0.5) is 26.3 Å². The highest BCUT2D eigenvalue weighted by Crippen LogP contribution is 2.59. The first-order valence-corrected chi connectivity index (χ1v) is 12.8. The molecular formula is C28H38F6O2. The lowest BCUT2D eigenvalue weighted by Gasteiger charge is -2.44. The van der Waals surface area contributed by atoms with E-state index in [1.165, 1.54) is 11.6 Å². The summed E-state index contributed by atoms with van der Waals surface area (Å²) < 4.78 is 79.3. The van der Waals surface area contributed by atoms with Crippen LogP contribution in [0.2, 0.25) is 0 Å². The van der Waals surface area contributed by atoms with Gasteiger partial charge < -0.3 is 10.2 Å². The summed E-state index contributed by atoms with van der Waals surface area (Å²) in [5.41, 5.74) is -1.47. The van der Waals surface area contributed by atoms with Crippen LogP contribution >= 0.6 is 0 Å². The normalized spacial score (nSPS) is 34.4. The Morgan fingerprint density at radius 3 is 2.22 bits per heavy atom. The van der Waals surface area contributed by atoms with Gasteiger partial charge in [0.15, 0.2) is 0 Å². The summed E-state index contributed by atoms with van der Waals surface area (Å²) in [7, 11) is 0. The van der Waals surface area contributed by atoms with Gasteiger partial charge in [-0.25, -0.2) is 0 Å². The van der Waals surface area contributed by atoms with E-state index in [0.29, 0.717) is 12.3 Å². The zero-order valence-electron chi connectivity index (χ0n) is 21.2. The lowest BCUT2D eigenvalue weighted by Crippen LogP contribution is -2.60. The summed E-state index contributed by atoms with van der Waals surface area (Å²) in [5.74, 6) is -2.00. The number of hydrogen-bond acceptors (Lipinski definition) is 2. The molecule has 0 saturated heterocycles. The van der Waals surface area contributed by atoms with Crippen LogP contribution in [0.5, 0.6) is 0 Å². The quantitative estimate of drug-likeness (QED) is 0.286. The maximum atomic E-state index is 13.2. The molecule has 3 aliphatic rings. The molecule has 0 radical (unpaired) electrons. The van der Waals surface area contributed by atoms with Crippen molar-refractivity contribution in [1.29, 1.82) is 0 Å². The number of hydrogen-bond donors (Lipinski definition) is 2. The molecule has 0 aromatic carbocycles. The van der Waals surface area contributed by atoms with Crippen LogP contribution < -0.4 is 0 Å². The molecule has 0 aliphatic heterocycles. The van der Waals surface area contributed by atoms with Gasteiger partial charge in [-0.2, -0.15) is 26.3 Å². The zero-order valence-corrected chi connectivity index (χ0v) is 21.2. The largest absolute Gasteiger partial charge is 0.426 e. The molecule has 3 aliphatic carbocycles. The van der Waals surface area contributed by atoms with Crippen molar-refractivity contribution >= 4 is 0 Å². The van der Waals surface area contributed by atoms with Gasteiger partial charge in [-0.15, -0.1) is 0 Å². The lowest BCUT2D eigenvalue weighted by atomic mass is 9.61. The second-order valence-electron chi connectivity index (χ2n) is 11.3. The Labute approximate surface area is 209 Å². The van der Waals surface area contributed by atoms with Crippen molar-refractivity contribution in [2.24, 2.45) is 29.1 Å². The Morgan fingerprint density at radius 2 is 1.61 bits per heavy atom. The minimum atomic E-state index is -5.83. The van der Waals surface area contributed by atoms with Crippen molar-refractivity contribution in [3.8, 4) is 0 Å². The summed E-state index contributed by atoms with van der Waals surface area (Å²) in [4.78, 5) is 0. The molecule has 8 heteroatoms. The van der Waals surface area contributed by atoms with Gasteiger partial charge in [0.25, 0.3) is 5.60 Å². The Morgan fingerprint density at radius 1 is 0.972 bits per heavy atom. The summed E-state index contributed by atoms with van der Waals surface area (Å²) in [6.45, 7) is 8.91. The fraction of sp³-hybridized carbons (Fsp3) is 0.714. The standard InChI is InChI=1S/C28H38F6O2/c1-17-8-12-22(35)16-21(17)11-10-20-6-5-15-25(4)23(13-14-24(20)25)18(2)7-9-19(3)26(36,27(29,30)31)28(32,33)34/h7,9-11,18-19,22-24,35-36H,1,5-6,8,12-16H2,2-4H3/b9-7+,20-10+,21-11-/t18-,19+,22+,23-,24+,25-/m1/s1. The molecule has 0 aromatic heterocycles. The number of halogens is 6. The molecule has 3 saturated carbocycles. The maximum absolute atomic E-state index is 13.2. The predicted molar refractivity (Wildman–Crippen MR) is 128 cm³/mol. The van der Waals surface area contributed by atoms with Gasteiger partial charge >= 0.3 is 12.4 Å². The number of alkyl halides is 6. The third-order valence-electron chi connectivity index (χ3n) is 9.09. The number of fused-ring (bicyclic) bond motifs is 1. The lowest BCUT2D eigenvalue weighted by molar-refractivity contribution is -0.378. The van der Waals surface area contributed by atoms with E-state index in [4.69, 9.17) is 0 Å². The van der Waals surface area contributed by atoms with Crippen molar-refractivity contribution in [1.82, 2.24) is 0 Å². The molecule has 0 aromatic rings. The molecule has 0 bridgehead atoms. The Balaban J connectivity index is 1.78. The van der Waals surface area contributed by atoms with Gasteiger partial charge in [-0.05, 0) is 80.1 Å². The molecular weight excluding hydrogens is 482 g/mol. The zero-order chi connectivity index (χ0) is 27.1. The smallest absolute Gasteiger partial charge is 0.393 e. The van der Waals surface area contributed by atoms with Gasteiger partial charge in [0.2, 0.25) is 0 Å². The van der Waals surface area contributed by atoms with Gasteiger partial charge in [0.05, 0.1) is 6.10 Å². The SMILES string of the molecule is C=C1CC[C@H](O)C/C1=C/C=C1\CCC[C@]2(C)[C@@H]([C@H](C)/C=C/[C@H](C)C(O)(C(F)(F)F)C(F)(F)F)CC[C@@H]12.